The van der Waals surface area contributed by atoms with Gasteiger partial charge < -0.3 is 9.30 Å². The van der Waals surface area contributed by atoms with Crippen LogP contribution in [-0.2, 0) is 11.3 Å². The highest BCUT2D eigenvalue weighted by Crippen LogP contribution is 2.32. The number of benzene rings is 1. The number of carbonyl (C=O) groups is 2. The Balaban J connectivity index is 2.01. The summed E-state index contributed by atoms with van der Waals surface area (Å²) in [6.45, 7) is 4.15. The van der Waals surface area contributed by atoms with Crippen molar-refractivity contribution in [3.05, 3.63) is 60.4 Å². The van der Waals surface area contributed by atoms with Crippen LogP contribution in [0.3, 0.4) is 0 Å². The van der Waals surface area contributed by atoms with Gasteiger partial charge in [0.1, 0.15) is 5.69 Å². The van der Waals surface area contributed by atoms with Crippen LogP contribution in [0.1, 0.15) is 34.7 Å². The molecule has 4 aromatic rings. The Labute approximate surface area is 155 Å². The molecule has 0 aliphatic rings. The number of nitrogens with zero attached hydrogens (tertiary/aromatic N) is 4. The van der Waals surface area contributed by atoms with Gasteiger partial charge in [-0.3, -0.25) is 9.36 Å². The van der Waals surface area contributed by atoms with Gasteiger partial charge in [0.05, 0.1) is 30.2 Å². The molecule has 7 nitrogen and oxygen atoms in total. The first kappa shape index (κ1) is 17.0. The lowest BCUT2D eigenvalue weighted by molar-refractivity contribution is 0.0519. The molecule has 0 saturated heterocycles. The molecule has 0 N–H and O–H groups in total. The van der Waals surface area contributed by atoms with Crippen molar-refractivity contribution in [2.45, 2.75) is 20.4 Å². The molecule has 0 aliphatic heterocycles. The average Bonchev–Trinajstić information content (AvgIpc) is 3.27. The summed E-state index contributed by atoms with van der Waals surface area (Å²) in [5.41, 5.74) is 2.71. The van der Waals surface area contributed by atoms with Gasteiger partial charge in [-0.2, -0.15) is 0 Å². The van der Waals surface area contributed by atoms with Gasteiger partial charge in [0.15, 0.2) is 0 Å². The number of hydrogen-bond donors (Lipinski definition) is 0. The molecule has 0 spiro atoms. The smallest absolute Gasteiger partial charge is 0.356 e. The van der Waals surface area contributed by atoms with Crippen LogP contribution < -0.4 is 0 Å². The second-order valence-electron chi connectivity index (χ2n) is 6.21. The summed E-state index contributed by atoms with van der Waals surface area (Å²) in [5.74, 6) is -0.587. The molecule has 0 bridgehead atoms. The fourth-order valence-electron chi connectivity index (χ4n) is 3.40. The number of hydrogen-bond acceptors (Lipinski definition) is 5. The number of rotatable bonds is 4. The molecular formula is C20H18N4O3. The topological polar surface area (TPSA) is 79.0 Å². The molecule has 0 atom stereocenters. The van der Waals surface area contributed by atoms with E-state index in [9.17, 15) is 9.59 Å². The SMILES string of the molecule is CCOC(=O)c1cc2c3c(Cn4ccnc4)cccc3n(C(C)=O)c2cn1. The highest BCUT2D eigenvalue weighted by molar-refractivity contribution is 6.15. The van der Waals surface area contributed by atoms with Gasteiger partial charge in [-0.05, 0) is 24.6 Å². The van der Waals surface area contributed by atoms with Gasteiger partial charge in [0.25, 0.3) is 0 Å². The van der Waals surface area contributed by atoms with E-state index in [1.165, 1.54) is 6.92 Å². The zero-order valence-corrected chi connectivity index (χ0v) is 15.0. The van der Waals surface area contributed by atoms with Gasteiger partial charge in [-0.15, -0.1) is 0 Å². The molecule has 136 valence electrons. The first-order valence-electron chi connectivity index (χ1n) is 8.66. The standard InChI is InChI=1S/C20H18N4O3/c1-3-27-20(26)16-9-15-18(10-22-16)24(13(2)25)17-6-4-5-14(19(15)17)11-23-8-7-21-12-23/h4-10,12H,3,11H2,1-2H3. The van der Waals surface area contributed by atoms with Gasteiger partial charge in [-0.1, -0.05) is 12.1 Å². The zero-order valence-electron chi connectivity index (χ0n) is 15.0. The Morgan fingerprint density at radius 3 is 2.78 bits per heavy atom. The summed E-state index contributed by atoms with van der Waals surface area (Å²) in [6, 6.07) is 7.54. The number of aromatic nitrogens is 4. The monoisotopic (exact) mass is 362 g/mol. The van der Waals surface area contributed by atoms with Crippen molar-refractivity contribution >= 4 is 33.7 Å². The highest BCUT2D eigenvalue weighted by atomic mass is 16.5. The molecule has 4 rings (SSSR count). The Morgan fingerprint density at radius 1 is 1.22 bits per heavy atom. The molecule has 27 heavy (non-hydrogen) atoms. The molecule has 0 radical (unpaired) electrons. The van der Waals surface area contributed by atoms with Crippen molar-refractivity contribution in [2.24, 2.45) is 0 Å². The Morgan fingerprint density at radius 2 is 2.07 bits per heavy atom. The van der Waals surface area contributed by atoms with Gasteiger partial charge in [0, 0.05) is 36.6 Å². The number of ether oxygens (including phenoxy) is 1. The maximum Gasteiger partial charge on any atom is 0.356 e. The third-order valence-electron chi connectivity index (χ3n) is 4.47. The fraction of sp³-hybridized carbons (Fsp3) is 0.200. The Kier molecular flexibility index (Phi) is 4.19. The van der Waals surface area contributed by atoms with Crippen molar-refractivity contribution < 1.29 is 14.3 Å². The number of esters is 1. The summed E-state index contributed by atoms with van der Waals surface area (Å²) in [5, 5.41) is 1.72. The van der Waals surface area contributed by atoms with Crippen LogP contribution in [0.25, 0.3) is 21.8 Å². The lowest BCUT2D eigenvalue weighted by Gasteiger charge is -2.06. The van der Waals surface area contributed by atoms with E-state index in [2.05, 4.69) is 9.97 Å². The molecule has 0 unspecified atom stereocenters. The fourth-order valence-corrected chi connectivity index (χ4v) is 3.40. The summed E-state index contributed by atoms with van der Waals surface area (Å²) in [4.78, 5) is 32.7. The Hall–Kier alpha value is -3.48. The van der Waals surface area contributed by atoms with Crippen LogP contribution in [0.2, 0.25) is 0 Å². The van der Waals surface area contributed by atoms with Crippen molar-refractivity contribution in [1.82, 2.24) is 19.1 Å². The first-order chi connectivity index (χ1) is 13.1. The van der Waals surface area contributed by atoms with Crippen LogP contribution in [0.5, 0.6) is 0 Å². The largest absolute Gasteiger partial charge is 0.461 e. The van der Waals surface area contributed by atoms with Crippen molar-refractivity contribution in [3.8, 4) is 0 Å². The van der Waals surface area contributed by atoms with E-state index < -0.39 is 5.97 Å². The minimum Gasteiger partial charge on any atom is -0.461 e. The minimum atomic E-state index is -0.477. The summed E-state index contributed by atoms with van der Waals surface area (Å²) < 4.78 is 8.66. The maximum absolute atomic E-state index is 12.3. The average molecular weight is 362 g/mol. The van der Waals surface area contributed by atoms with Crippen LogP contribution in [-0.4, -0.2) is 37.6 Å². The van der Waals surface area contributed by atoms with E-state index in [-0.39, 0.29) is 18.2 Å². The van der Waals surface area contributed by atoms with Crippen molar-refractivity contribution in [1.29, 1.82) is 0 Å². The molecule has 0 aliphatic carbocycles. The zero-order chi connectivity index (χ0) is 19.0. The lowest BCUT2D eigenvalue weighted by Crippen LogP contribution is -2.08. The summed E-state index contributed by atoms with van der Waals surface area (Å²) >= 11 is 0. The van der Waals surface area contributed by atoms with Crippen LogP contribution >= 0.6 is 0 Å². The van der Waals surface area contributed by atoms with Crippen molar-refractivity contribution in [2.75, 3.05) is 6.61 Å². The molecule has 0 fully saturated rings. The van der Waals surface area contributed by atoms with E-state index in [0.29, 0.717) is 12.1 Å². The van der Waals surface area contributed by atoms with Crippen molar-refractivity contribution in [3.63, 3.8) is 0 Å². The molecule has 3 aromatic heterocycles. The number of imidazole rings is 1. The molecule has 7 heteroatoms. The highest BCUT2D eigenvalue weighted by Gasteiger charge is 2.19. The predicted octanol–water partition coefficient (Wildman–Crippen LogP) is 3.27. The van der Waals surface area contributed by atoms with E-state index in [1.54, 1.807) is 36.3 Å². The van der Waals surface area contributed by atoms with Gasteiger partial charge in [0.2, 0.25) is 5.91 Å². The summed E-state index contributed by atoms with van der Waals surface area (Å²) in [6.07, 6.45) is 6.91. The molecule has 3 heterocycles. The number of fused-ring (bicyclic) bond motifs is 3. The second kappa shape index (κ2) is 6.68. The maximum atomic E-state index is 12.3. The minimum absolute atomic E-state index is 0.111. The quantitative estimate of drug-likeness (QED) is 0.521. The molecule has 0 amide bonds. The van der Waals surface area contributed by atoms with Gasteiger partial charge in [-0.25, -0.2) is 14.8 Å². The predicted molar refractivity (Wildman–Crippen MR) is 101 cm³/mol. The summed E-state index contributed by atoms with van der Waals surface area (Å²) in [7, 11) is 0. The van der Waals surface area contributed by atoms with E-state index in [1.807, 2.05) is 29.0 Å². The molecule has 0 saturated carbocycles. The second-order valence-corrected chi connectivity index (χ2v) is 6.21. The van der Waals surface area contributed by atoms with Crippen LogP contribution in [0, 0.1) is 0 Å². The van der Waals surface area contributed by atoms with E-state index >= 15 is 0 Å². The molecule has 1 aromatic carbocycles. The number of pyridine rings is 1. The van der Waals surface area contributed by atoms with Gasteiger partial charge >= 0.3 is 5.97 Å². The lowest BCUT2D eigenvalue weighted by atomic mass is 10.1. The van der Waals surface area contributed by atoms with E-state index in [0.717, 1.165) is 21.9 Å². The third kappa shape index (κ3) is 2.87. The number of carbonyl (C=O) groups excluding carboxylic acids is 2. The van der Waals surface area contributed by atoms with Crippen LogP contribution in [0.4, 0.5) is 0 Å². The first-order valence-corrected chi connectivity index (χ1v) is 8.66. The normalized spacial score (nSPS) is 11.2. The van der Waals surface area contributed by atoms with E-state index in [4.69, 9.17) is 4.74 Å². The Bertz CT molecular complexity index is 1160. The third-order valence-corrected chi connectivity index (χ3v) is 4.47. The molecular weight excluding hydrogens is 344 g/mol. The van der Waals surface area contributed by atoms with Crippen LogP contribution in [0.15, 0.2) is 49.2 Å².